The Bertz CT molecular complexity index is 664. The molecule has 10 heteroatoms. The van der Waals surface area contributed by atoms with Crippen LogP contribution in [-0.2, 0) is 13.1 Å². The number of nitrogens with zero attached hydrogens (tertiary/aromatic N) is 3. The average molecular weight is 408 g/mol. The summed E-state index contributed by atoms with van der Waals surface area (Å²) < 4.78 is 12.8. The molecule has 0 unspecified atom stereocenters. The number of carbonyl (C=O) groups excluding carboxylic acids is 1. The predicted molar refractivity (Wildman–Crippen MR) is 100 cm³/mol. The van der Waals surface area contributed by atoms with E-state index >= 15 is 0 Å². The lowest BCUT2D eigenvalue weighted by Gasteiger charge is -2.25. The van der Waals surface area contributed by atoms with E-state index in [0.29, 0.717) is 11.6 Å². The number of piperazine rings is 1. The van der Waals surface area contributed by atoms with Gasteiger partial charge in [-0.2, -0.15) is 0 Å². The molecule has 1 amide bonds. The van der Waals surface area contributed by atoms with E-state index in [-0.39, 0.29) is 36.5 Å². The number of hydrogen-bond donors (Lipinski definition) is 2. The lowest BCUT2D eigenvalue weighted by atomic mass is 10.2. The van der Waals surface area contributed by atoms with Gasteiger partial charge in [0, 0.05) is 32.7 Å². The second kappa shape index (κ2) is 10.6. The van der Waals surface area contributed by atoms with E-state index in [4.69, 9.17) is 0 Å². The highest BCUT2D eigenvalue weighted by Crippen LogP contribution is 2.13. The van der Waals surface area contributed by atoms with Crippen LogP contribution in [0, 0.1) is 5.82 Å². The monoisotopic (exact) mass is 407 g/mol. The highest BCUT2D eigenvalue weighted by Gasteiger charge is 2.16. The molecule has 138 valence electrons. The standard InChI is InChI=1S/C15H18FN5OS.2ClH/c16-12-3-1-11(2-4-12)9-18-14(22)15-20-19-13(23-15)10-21-7-5-17-6-8-21;;/h1-4,17H,5-10H2,(H,18,22);2*1H. The molecule has 0 saturated carbocycles. The number of amides is 1. The van der Waals surface area contributed by atoms with E-state index in [1.807, 2.05) is 0 Å². The zero-order chi connectivity index (χ0) is 16.1. The SMILES string of the molecule is Cl.Cl.O=C(NCc1ccc(F)cc1)c1nnc(CN2CCNCC2)s1. The zero-order valence-corrected chi connectivity index (χ0v) is 15.9. The predicted octanol–water partition coefficient (Wildman–Crippen LogP) is 1.86. The molecule has 1 aliphatic heterocycles. The second-order valence-electron chi connectivity index (χ2n) is 5.34. The van der Waals surface area contributed by atoms with Crippen molar-refractivity contribution in [1.29, 1.82) is 0 Å². The first-order valence-corrected chi connectivity index (χ1v) is 8.30. The fourth-order valence-corrected chi connectivity index (χ4v) is 3.13. The summed E-state index contributed by atoms with van der Waals surface area (Å²) in [7, 11) is 0. The summed E-state index contributed by atoms with van der Waals surface area (Å²) in [6.07, 6.45) is 0. The van der Waals surface area contributed by atoms with Crippen molar-refractivity contribution in [3.8, 4) is 0 Å². The summed E-state index contributed by atoms with van der Waals surface area (Å²) >= 11 is 1.32. The summed E-state index contributed by atoms with van der Waals surface area (Å²) in [5, 5.41) is 15.3. The topological polar surface area (TPSA) is 70.2 Å². The number of nitrogens with one attached hydrogen (secondary N) is 2. The van der Waals surface area contributed by atoms with E-state index in [0.717, 1.165) is 43.3 Å². The summed E-state index contributed by atoms with van der Waals surface area (Å²) in [5.41, 5.74) is 0.838. The molecule has 3 rings (SSSR count). The lowest BCUT2D eigenvalue weighted by molar-refractivity contribution is 0.0950. The van der Waals surface area contributed by atoms with Gasteiger partial charge in [0.2, 0.25) is 5.01 Å². The molecule has 25 heavy (non-hydrogen) atoms. The van der Waals surface area contributed by atoms with Crippen molar-refractivity contribution in [1.82, 2.24) is 25.7 Å². The minimum atomic E-state index is -0.290. The van der Waals surface area contributed by atoms with Gasteiger partial charge in [-0.25, -0.2) is 4.39 Å². The third kappa shape index (κ3) is 6.48. The van der Waals surface area contributed by atoms with Crippen molar-refractivity contribution in [2.75, 3.05) is 26.2 Å². The van der Waals surface area contributed by atoms with E-state index in [2.05, 4.69) is 25.7 Å². The Labute approximate surface area is 162 Å². The van der Waals surface area contributed by atoms with Crippen LogP contribution in [0.1, 0.15) is 20.4 Å². The van der Waals surface area contributed by atoms with Gasteiger partial charge in [0.1, 0.15) is 10.8 Å². The molecular formula is C15H20Cl2FN5OS. The molecule has 1 aromatic heterocycles. The first-order valence-electron chi connectivity index (χ1n) is 7.49. The molecule has 0 radical (unpaired) electrons. The van der Waals surface area contributed by atoms with Gasteiger partial charge >= 0.3 is 0 Å². The molecule has 2 N–H and O–H groups in total. The van der Waals surface area contributed by atoms with E-state index in [9.17, 15) is 9.18 Å². The maximum Gasteiger partial charge on any atom is 0.282 e. The van der Waals surface area contributed by atoms with Gasteiger partial charge in [-0.15, -0.1) is 35.0 Å². The van der Waals surface area contributed by atoms with Gasteiger partial charge < -0.3 is 10.6 Å². The van der Waals surface area contributed by atoms with E-state index in [1.165, 1.54) is 23.5 Å². The van der Waals surface area contributed by atoms with Crippen LogP contribution in [0.15, 0.2) is 24.3 Å². The normalized spacial score (nSPS) is 14.3. The first kappa shape index (κ1) is 21.7. The Morgan fingerprint density at radius 2 is 1.88 bits per heavy atom. The van der Waals surface area contributed by atoms with Crippen LogP contribution in [0.5, 0.6) is 0 Å². The summed E-state index contributed by atoms with van der Waals surface area (Å²) in [5.74, 6) is -0.542. The molecule has 6 nitrogen and oxygen atoms in total. The van der Waals surface area contributed by atoms with Crippen LogP contribution >= 0.6 is 36.2 Å². The van der Waals surface area contributed by atoms with Crippen LogP contribution in [0.4, 0.5) is 4.39 Å². The highest BCUT2D eigenvalue weighted by molar-refractivity contribution is 7.13. The van der Waals surface area contributed by atoms with E-state index in [1.54, 1.807) is 12.1 Å². The largest absolute Gasteiger partial charge is 0.346 e. The lowest BCUT2D eigenvalue weighted by Crippen LogP contribution is -2.42. The van der Waals surface area contributed by atoms with Crippen molar-refractivity contribution in [3.05, 3.63) is 45.7 Å². The van der Waals surface area contributed by atoms with Crippen LogP contribution in [-0.4, -0.2) is 47.2 Å². The van der Waals surface area contributed by atoms with Gasteiger partial charge in [0.25, 0.3) is 5.91 Å². The number of halogens is 3. The van der Waals surface area contributed by atoms with Gasteiger partial charge in [-0.3, -0.25) is 9.69 Å². The van der Waals surface area contributed by atoms with Crippen LogP contribution in [0.25, 0.3) is 0 Å². The van der Waals surface area contributed by atoms with Gasteiger partial charge in [-0.1, -0.05) is 23.5 Å². The number of hydrogen-bond acceptors (Lipinski definition) is 6. The Balaban J connectivity index is 0.00000156. The van der Waals surface area contributed by atoms with Gasteiger partial charge in [0.05, 0.1) is 6.54 Å². The zero-order valence-electron chi connectivity index (χ0n) is 13.4. The fraction of sp³-hybridized carbons (Fsp3) is 0.400. The Morgan fingerprint density at radius 3 is 2.56 bits per heavy atom. The molecule has 0 bridgehead atoms. The molecular weight excluding hydrogens is 388 g/mol. The highest BCUT2D eigenvalue weighted by atomic mass is 35.5. The Morgan fingerprint density at radius 1 is 1.20 bits per heavy atom. The maximum absolute atomic E-state index is 12.8. The Kier molecular flexibility index (Phi) is 9.23. The van der Waals surface area contributed by atoms with Crippen molar-refractivity contribution in [2.45, 2.75) is 13.1 Å². The van der Waals surface area contributed by atoms with Crippen molar-refractivity contribution in [3.63, 3.8) is 0 Å². The number of rotatable bonds is 5. The molecule has 1 aromatic carbocycles. The number of benzene rings is 1. The van der Waals surface area contributed by atoms with Crippen LogP contribution in [0.2, 0.25) is 0 Å². The maximum atomic E-state index is 12.8. The molecule has 2 heterocycles. The average Bonchev–Trinajstić information content (AvgIpc) is 3.03. The summed E-state index contributed by atoms with van der Waals surface area (Å²) in [6, 6.07) is 6.03. The van der Waals surface area contributed by atoms with E-state index < -0.39 is 0 Å². The second-order valence-corrected chi connectivity index (χ2v) is 6.40. The summed E-state index contributed by atoms with van der Waals surface area (Å²) in [4.78, 5) is 14.4. The Hall–Kier alpha value is -1.32. The minimum absolute atomic E-state index is 0. The van der Waals surface area contributed by atoms with Crippen LogP contribution in [0.3, 0.4) is 0 Å². The quantitative estimate of drug-likeness (QED) is 0.791. The third-order valence-corrected chi connectivity index (χ3v) is 4.50. The smallest absolute Gasteiger partial charge is 0.282 e. The van der Waals surface area contributed by atoms with Crippen molar-refractivity contribution >= 4 is 42.1 Å². The molecule has 0 spiro atoms. The molecule has 0 aliphatic carbocycles. The van der Waals surface area contributed by atoms with Gasteiger partial charge in [-0.05, 0) is 17.7 Å². The molecule has 0 atom stereocenters. The number of carbonyl (C=O) groups is 1. The first-order chi connectivity index (χ1) is 11.2. The molecule has 1 saturated heterocycles. The minimum Gasteiger partial charge on any atom is -0.346 e. The number of aromatic nitrogens is 2. The summed E-state index contributed by atoms with van der Waals surface area (Å²) in [6.45, 7) is 4.97. The van der Waals surface area contributed by atoms with Crippen LogP contribution < -0.4 is 10.6 Å². The molecule has 1 fully saturated rings. The van der Waals surface area contributed by atoms with Crippen molar-refractivity contribution in [2.24, 2.45) is 0 Å². The molecule has 2 aromatic rings. The fourth-order valence-electron chi connectivity index (χ4n) is 2.33. The van der Waals surface area contributed by atoms with Crippen molar-refractivity contribution < 1.29 is 9.18 Å². The third-order valence-electron chi connectivity index (χ3n) is 3.60. The molecule has 1 aliphatic rings. The van der Waals surface area contributed by atoms with Gasteiger partial charge in [0.15, 0.2) is 0 Å².